The number of benzene rings is 1. The van der Waals surface area contributed by atoms with Crippen LogP contribution in [0, 0.1) is 9.39 Å². The van der Waals surface area contributed by atoms with Crippen molar-refractivity contribution >= 4 is 34.4 Å². The van der Waals surface area contributed by atoms with E-state index in [2.05, 4.69) is 0 Å². The highest BCUT2D eigenvalue weighted by Gasteiger charge is 2.22. The number of nitrogens with zero attached hydrogens (tertiary/aromatic N) is 1. The van der Waals surface area contributed by atoms with E-state index in [9.17, 15) is 14.0 Å². The lowest BCUT2D eigenvalue weighted by atomic mass is 10.1. The summed E-state index contributed by atoms with van der Waals surface area (Å²) in [7, 11) is 0. The minimum atomic E-state index is -0.575. The minimum Gasteiger partial charge on any atom is -0.368 e. The summed E-state index contributed by atoms with van der Waals surface area (Å²) < 4.78 is 13.5. The first kappa shape index (κ1) is 14.9. The summed E-state index contributed by atoms with van der Waals surface area (Å²) in [5, 5.41) is 0. The van der Waals surface area contributed by atoms with Crippen LogP contribution in [0.5, 0.6) is 0 Å². The molecule has 0 aliphatic heterocycles. The highest BCUT2D eigenvalue weighted by molar-refractivity contribution is 14.1. The highest BCUT2D eigenvalue weighted by atomic mass is 127. The van der Waals surface area contributed by atoms with Crippen LogP contribution in [0.25, 0.3) is 0 Å². The van der Waals surface area contributed by atoms with Crippen LogP contribution >= 0.6 is 22.6 Å². The molecule has 0 saturated carbocycles. The lowest BCUT2D eigenvalue weighted by molar-refractivity contribution is -0.119. The molecule has 0 saturated heterocycles. The van der Waals surface area contributed by atoms with Crippen LogP contribution in [-0.4, -0.2) is 29.3 Å². The number of carbonyl (C=O) groups excluding carboxylic acids is 2. The van der Waals surface area contributed by atoms with Crippen molar-refractivity contribution in [2.24, 2.45) is 5.73 Å². The van der Waals surface area contributed by atoms with Crippen LogP contribution in [0.4, 0.5) is 4.39 Å². The molecule has 4 nitrogen and oxygen atoms in total. The number of carbonyl (C=O) groups is 2. The number of hydrogen-bond acceptors (Lipinski definition) is 2. The molecule has 98 valence electrons. The SMILES string of the molecule is CC(C)N(CC(N)=O)C(=O)c1ccc(F)cc1I. The lowest BCUT2D eigenvalue weighted by Gasteiger charge is -2.25. The van der Waals surface area contributed by atoms with Crippen LogP contribution in [0.3, 0.4) is 0 Å². The number of amides is 2. The quantitative estimate of drug-likeness (QED) is 0.828. The Bertz CT molecular complexity index is 477. The second kappa shape index (κ2) is 6.12. The normalized spacial score (nSPS) is 10.5. The number of rotatable bonds is 4. The maximum atomic E-state index is 13.0. The molecule has 0 spiro atoms. The van der Waals surface area contributed by atoms with Crippen molar-refractivity contribution in [2.45, 2.75) is 19.9 Å². The van der Waals surface area contributed by atoms with E-state index < -0.39 is 11.7 Å². The van der Waals surface area contributed by atoms with E-state index in [0.717, 1.165) is 0 Å². The van der Waals surface area contributed by atoms with Crippen molar-refractivity contribution in [1.82, 2.24) is 4.90 Å². The zero-order valence-electron chi connectivity index (χ0n) is 10.1. The van der Waals surface area contributed by atoms with Crippen LogP contribution < -0.4 is 5.73 Å². The zero-order valence-corrected chi connectivity index (χ0v) is 12.3. The third-order valence-electron chi connectivity index (χ3n) is 2.37. The number of nitrogens with two attached hydrogens (primary N) is 1. The van der Waals surface area contributed by atoms with E-state index >= 15 is 0 Å². The van der Waals surface area contributed by atoms with Gasteiger partial charge in [-0.3, -0.25) is 9.59 Å². The lowest BCUT2D eigenvalue weighted by Crippen LogP contribution is -2.43. The van der Waals surface area contributed by atoms with Gasteiger partial charge >= 0.3 is 0 Å². The largest absolute Gasteiger partial charge is 0.368 e. The molecule has 2 amide bonds. The predicted molar refractivity (Wildman–Crippen MR) is 74.5 cm³/mol. The first-order valence-corrected chi connectivity index (χ1v) is 6.45. The van der Waals surface area contributed by atoms with Gasteiger partial charge in [0.25, 0.3) is 5.91 Å². The van der Waals surface area contributed by atoms with Crippen LogP contribution in [0.2, 0.25) is 0 Å². The maximum absolute atomic E-state index is 13.0. The van der Waals surface area contributed by atoms with E-state index in [0.29, 0.717) is 9.13 Å². The Hall–Kier alpha value is -1.18. The zero-order chi connectivity index (χ0) is 13.9. The molecule has 0 atom stereocenters. The average Bonchev–Trinajstić information content (AvgIpc) is 2.24. The van der Waals surface area contributed by atoms with Gasteiger partial charge in [0.2, 0.25) is 5.91 Å². The van der Waals surface area contributed by atoms with Gasteiger partial charge in [-0.2, -0.15) is 0 Å². The fraction of sp³-hybridized carbons (Fsp3) is 0.333. The molecular weight excluding hydrogens is 350 g/mol. The van der Waals surface area contributed by atoms with E-state index in [1.165, 1.54) is 23.1 Å². The molecule has 1 aromatic rings. The third-order valence-corrected chi connectivity index (χ3v) is 3.26. The number of halogens is 2. The summed E-state index contributed by atoms with van der Waals surface area (Å²) in [6.07, 6.45) is 0. The molecular formula is C12H14FIN2O2. The van der Waals surface area contributed by atoms with Gasteiger partial charge in [0, 0.05) is 9.61 Å². The second-order valence-corrected chi connectivity index (χ2v) is 5.28. The fourth-order valence-electron chi connectivity index (χ4n) is 1.47. The minimum absolute atomic E-state index is 0.149. The summed E-state index contributed by atoms with van der Waals surface area (Å²) in [6.45, 7) is 3.43. The van der Waals surface area contributed by atoms with Gasteiger partial charge in [-0.1, -0.05) is 0 Å². The Kier molecular flexibility index (Phi) is 5.06. The van der Waals surface area contributed by atoms with Crippen molar-refractivity contribution < 1.29 is 14.0 Å². The highest BCUT2D eigenvalue weighted by Crippen LogP contribution is 2.17. The van der Waals surface area contributed by atoms with Crippen LogP contribution in [0.15, 0.2) is 18.2 Å². The molecule has 2 N–H and O–H groups in total. The molecule has 0 fully saturated rings. The van der Waals surface area contributed by atoms with E-state index in [1.807, 2.05) is 22.6 Å². The van der Waals surface area contributed by atoms with Gasteiger partial charge in [0.15, 0.2) is 0 Å². The summed E-state index contributed by atoms with van der Waals surface area (Å²) >= 11 is 1.89. The Morgan fingerprint density at radius 3 is 2.50 bits per heavy atom. The smallest absolute Gasteiger partial charge is 0.255 e. The first-order valence-electron chi connectivity index (χ1n) is 5.37. The molecule has 0 aliphatic carbocycles. The van der Waals surface area contributed by atoms with E-state index in [-0.39, 0.29) is 18.5 Å². The summed E-state index contributed by atoms with van der Waals surface area (Å²) in [6, 6.07) is 3.75. The third kappa shape index (κ3) is 3.66. The molecule has 0 aliphatic rings. The van der Waals surface area contributed by atoms with E-state index in [1.54, 1.807) is 13.8 Å². The topological polar surface area (TPSA) is 63.4 Å². The van der Waals surface area contributed by atoms with Crippen LogP contribution in [-0.2, 0) is 4.79 Å². The first-order chi connectivity index (χ1) is 8.32. The average molecular weight is 364 g/mol. The Morgan fingerprint density at radius 1 is 1.44 bits per heavy atom. The molecule has 0 unspecified atom stereocenters. The fourth-order valence-corrected chi connectivity index (χ4v) is 2.18. The van der Waals surface area contributed by atoms with Gasteiger partial charge in [-0.05, 0) is 54.6 Å². The molecule has 0 aromatic heterocycles. The molecule has 1 rings (SSSR count). The monoisotopic (exact) mass is 364 g/mol. The van der Waals surface area contributed by atoms with Crippen molar-refractivity contribution in [1.29, 1.82) is 0 Å². The standard InChI is InChI=1S/C12H14FIN2O2/c1-7(2)16(6-11(15)17)12(18)9-4-3-8(13)5-10(9)14/h3-5,7H,6H2,1-2H3,(H2,15,17). The summed E-state index contributed by atoms with van der Waals surface area (Å²) in [4.78, 5) is 24.6. The van der Waals surface area contributed by atoms with Crippen molar-refractivity contribution in [3.05, 3.63) is 33.1 Å². The maximum Gasteiger partial charge on any atom is 0.255 e. The van der Waals surface area contributed by atoms with Gasteiger partial charge in [0.05, 0.1) is 12.1 Å². The Balaban J connectivity index is 3.05. The van der Waals surface area contributed by atoms with Gasteiger partial charge in [0.1, 0.15) is 5.82 Å². The number of primary amides is 1. The molecule has 0 radical (unpaired) electrons. The van der Waals surface area contributed by atoms with Gasteiger partial charge in [-0.25, -0.2) is 4.39 Å². The molecule has 0 heterocycles. The molecule has 0 bridgehead atoms. The number of hydrogen-bond donors (Lipinski definition) is 1. The molecule has 18 heavy (non-hydrogen) atoms. The molecule has 1 aromatic carbocycles. The Morgan fingerprint density at radius 2 is 2.06 bits per heavy atom. The summed E-state index contributed by atoms with van der Waals surface area (Å²) in [5.74, 6) is -1.30. The van der Waals surface area contributed by atoms with Crippen LogP contribution in [0.1, 0.15) is 24.2 Å². The molecule has 6 heteroatoms. The van der Waals surface area contributed by atoms with Crippen molar-refractivity contribution in [3.63, 3.8) is 0 Å². The van der Waals surface area contributed by atoms with Crippen molar-refractivity contribution in [3.8, 4) is 0 Å². The van der Waals surface area contributed by atoms with E-state index in [4.69, 9.17) is 5.73 Å². The predicted octanol–water partition coefficient (Wildman–Crippen LogP) is 1.77. The Labute approximate surface area is 118 Å². The summed E-state index contributed by atoms with van der Waals surface area (Å²) in [5.41, 5.74) is 5.48. The van der Waals surface area contributed by atoms with Gasteiger partial charge in [-0.15, -0.1) is 0 Å². The second-order valence-electron chi connectivity index (χ2n) is 4.12. The van der Waals surface area contributed by atoms with Crippen molar-refractivity contribution in [2.75, 3.05) is 6.54 Å². The van der Waals surface area contributed by atoms with Gasteiger partial charge < -0.3 is 10.6 Å².